The lowest BCUT2D eigenvalue weighted by Gasteiger charge is -2.45. The van der Waals surface area contributed by atoms with Gasteiger partial charge in [-0.1, -0.05) is 6.92 Å². The molecule has 108 valence electrons. The third-order valence-electron chi connectivity index (χ3n) is 3.81. The van der Waals surface area contributed by atoms with E-state index < -0.39 is 5.60 Å². The van der Waals surface area contributed by atoms with E-state index in [9.17, 15) is 9.90 Å². The molecule has 2 rings (SSSR count). The number of carbonyl (C=O) groups excluding carboxylic acids is 1. The number of likely N-dealkylation sites (tertiary alicyclic amines) is 1. The van der Waals surface area contributed by atoms with Crippen LogP contribution in [0.5, 0.6) is 0 Å². The topological polar surface area (TPSA) is 89.5 Å². The molecule has 20 heavy (non-hydrogen) atoms. The van der Waals surface area contributed by atoms with Crippen LogP contribution >= 0.6 is 0 Å². The molecule has 2 N–H and O–H groups in total. The van der Waals surface area contributed by atoms with Crippen molar-refractivity contribution >= 4 is 11.8 Å². The molecule has 1 amide bonds. The summed E-state index contributed by atoms with van der Waals surface area (Å²) in [5, 5.41) is 21.6. The van der Waals surface area contributed by atoms with E-state index in [1.165, 1.54) is 0 Å². The first-order valence-electron chi connectivity index (χ1n) is 6.63. The van der Waals surface area contributed by atoms with E-state index in [1.54, 1.807) is 13.8 Å². The van der Waals surface area contributed by atoms with Gasteiger partial charge < -0.3 is 9.52 Å². The van der Waals surface area contributed by atoms with Gasteiger partial charge in [-0.2, -0.15) is 5.26 Å². The lowest BCUT2D eigenvalue weighted by atomic mass is 9.91. The monoisotopic (exact) mass is 277 g/mol. The van der Waals surface area contributed by atoms with Crippen LogP contribution < -0.4 is 5.32 Å². The van der Waals surface area contributed by atoms with E-state index in [1.807, 2.05) is 17.9 Å². The quantitative estimate of drug-likeness (QED) is 0.862. The highest BCUT2D eigenvalue weighted by molar-refractivity contribution is 5.92. The summed E-state index contributed by atoms with van der Waals surface area (Å²) in [6, 6.07) is 2.03. The maximum Gasteiger partial charge on any atom is 0.240 e. The lowest BCUT2D eigenvalue weighted by Crippen LogP contribution is -2.62. The third kappa shape index (κ3) is 2.69. The van der Waals surface area contributed by atoms with Crippen LogP contribution in [0.3, 0.4) is 0 Å². The average molecular weight is 277 g/mol. The van der Waals surface area contributed by atoms with Gasteiger partial charge in [0, 0.05) is 18.7 Å². The number of furan rings is 1. The van der Waals surface area contributed by atoms with Gasteiger partial charge in [-0.25, -0.2) is 0 Å². The normalized spacial score (nSPS) is 17.4. The minimum atomic E-state index is -0.657. The molecule has 0 aliphatic carbocycles. The van der Waals surface area contributed by atoms with Gasteiger partial charge in [0.05, 0.1) is 12.1 Å². The first-order chi connectivity index (χ1) is 9.38. The Kier molecular flexibility index (Phi) is 3.84. The van der Waals surface area contributed by atoms with Gasteiger partial charge in [0.25, 0.3) is 0 Å². The molecule has 1 aromatic rings. The maximum atomic E-state index is 11.9. The summed E-state index contributed by atoms with van der Waals surface area (Å²) in [6.45, 7) is 6.64. The van der Waals surface area contributed by atoms with Crippen molar-refractivity contribution in [1.82, 2.24) is 4.90 Å². The zero-order valence-electron chi connectivity index (χ0n) is 12.0. The average Bonchev–Trinajstić information content (AvgIpc) is 2.62. The Morgan fingerprint density at radius 2 is 2.20 bits per heavy atom. The molecule has 0 saturated carbocycles. The van der Waals surface area contributed by atoms with Crippen molar-refractivity contribution in [2.45, 2.75) is 32.8 Å². The second-order valence-corrected chi connectivity index (χ2v) is 5.37. The van der Waals surface area contributed by atoms with E-state index in [2.05, 4.69) is 5.32 Å². The van der Waals surface area contributed by atoms with E-state index in [-0.39, 0.29) is 18.3 Å². The van der Waals surface area contributed by atoms with E-state index in [0.29, 0.717) is 30.8 Å². The molecule has 6 nitrogen and oxygen atoms in total. The largest absolute Gasteiger partial charge is 0.444 e. The van der Waals surface area contributed by atoms with Crippen molar-refractivity contribution in [1.29, 1.82) is 5.26 Å². The van der Waals surface area contributed by atoms with Gasteiger partial charge in [-0.15, -0.1) is 0 Å². The zero-order chi connectivity index (χ0) is 14.9. The molecule has 1 aromatic heterocycles. The molecule has 1 aliphatic heterocycles. The van der Waals surface area contributed by atoms with Crippen LogP contribution in [0.25, 0.3) is 0 Å². The Hall–Kier alpha value is -1.84. The number of hydrogen-bond donors (Lipinski definition) is 2. The number of nitrogens with zero attached hydrogens (tertiary/aromatic N) is 2. The molecule has 0 bridgehead atoms. The van der Waals surface area contributed by atoms with Gasteiger partial charge >= 0.3 is 0 Å². The molecule has 0 aromatic carbocycles. The second kappa shape index (κ2) is 5.27. The highest BCUT2D eigenvalue weighted by atomic mass is 16.4. The second-order valence-electron chi connectivity index (χ2n) is 5.37. The molecule has 1 saturated heterocycles. The van der Waals surface area contributed by atoms with Crippen molar-refractivity contribution in [3.8, 4) is 6.07 Å². The number of nitriles is 1. The Balaban J connectivity index is 1.94. The van der Waals surface area contributed by atoms with Gasteiger partial charge in [-0.3, -0.25) is 15.0 Å². The SMILES string of the molecule is CCC1(O)CN(CC(=O)Nc2oc(C)c(C)c2C#N)C1. The van der Waals surface area contributed by atoms with Gasteiger partial charge in [-0.05, 0) is 20.3 Å². The van der Waals surface area contributed by atoms with Crippen molar-refractivity contribution in [2.75, 3.05) is 25.0 Å². The summed E-state index contributed by atoms with van der Waals surface area (Å²) in [5.41, 5.74) is 0.451. The Morgan fingerprint density at radius 3 is 2.75 bits per heavy atom. The summed E-state index contributed by atoms with van der Waals surface area (Å²) in [7, 11) is 0. The molecule has 1 fully saturated rings. The van der Waals surface area contributed by atoms with Gasteiger partial charge in [0.1, 0.15) is 17.4 Å². The van der Waals surface area contributed by atoms with Crippen LogP contribution in [0, 0.1) is 25.2 Å². The van der Waals surface area contributed by atoms with Crippen molar-refractivity contribution in [3.05, 3.63) is 16.9 Å². The van der Waals surface area contributed by atoms with Crippen LogP contribution in [0.15, 0.2) is 4.42 Å². The van der Waals surface area contributed by atoms with Crippen LogP contribution in [0.4, 0.5) is 5.88 Å². The van der Waals surface area contributed by atoms with Crippen molar-refractivity contribution < 1.29 is 14.3 Å². The maximum absolute atomic E-state index is 11.9. The van der Waals surface area contributed by atoms with Crippen LogP contribution in [-0.2, 0) is 4.79 Å². The highest BCUT2D eigenvalue weighted by Crippen LogP contribution is 2.26. The highest BCUT2D eigenvalue weighted by Gasteiger charge is 2.40. The zero-order valence-corrected chi connectivity index (χ0v) is 12.0. The molecule has 0 unspecified atom stereocenters. The minimum Gasteiger partial charge on any atom is -0.444 e. The first-order valence-corrected chi connectivity index (χ1v) is 6.63. The third-order valence-corrected chi connectivity index (χ3v) is 3.81. The number of anilines is 1. The Bertz CT molecular complexity index is 565. The number of amides is 1. The summed E-state index contributed by atoms with van der Waals surface area (Å²) in [4.78, 5) is 13.8. The first kappa shape index (κ1) is 14.6. The van der Waals surface area contributed by atoms with Crippen LogP contribution in [0.2, 0.25) is 0 Å². The standard InChI is InChI=1S/C14H19N3O3/c1-4-14(19)7-17(8-14)6-12(18)16-13-11(5-15)9(2)10(3)20-13/h19H,4,6-8H2,1-3H3,(H,16,18). The van der Waals surface area contributed by atoms with Crippen LogP contribution in [0.1, 0.15) is 30.2 Å². The summed E-state index contributed by atoms with van der Waals surface area (Å²) < 4.78 is 5.38. The van der Waals surface area contributed by atoms with E-state index in [4.69, 9.17) is 9.68 Å². The molecule has 2 heterocycles. The van der Waals surface area contributed by atoms with Crippen molar-refractivity contribution in [3.63, 3.8) is 0 Å². The summed E-state index contributed by atoms with van der Waals surface area (Å²) in [6.07, 6.45) is 0.681. The van der Waals surface area contributed by atoms with Crippen LogP contribution in [-0.4, -0.2) is 41.1 Å². The Morgan fingerprint density at radius 1 is 1.55 bits per heavy atom. The number of carbonyl (C=O) groups is 1. The predicted molar refractivity (Wildman–Crippen MR) is 73.2 cm³/mol. The number of rotatable bonds is 4. The molecular formula is C14H19N3O3. The molecule has 0 atom stereocenters. The molecule has 1 aliphatic rings. The fraction of sp³-hybridized carbons (Fsp3) is 0.571. The molecule has 6 heteroatoms. The smallest absolute Gasteiger partial charge is 0.240 e. The minimum absolute atomic E-state index is 0.186. The number of nitrogens with one attached hydrogen (secondary N) is 1. The molecular weight excluding hydrogens is 258 g/mol. The summed E-state index contributed by atoms with van der Waals surface area (Å²) in [5.74, 6) is 0.591. The predicted octanol–water partition coefficient (Wildman–Crippen LogP) is 1.16. The number of hydrogen-bond acceptors (Lipinski definition) is 5. The fourth-order valence-corrected chi connectivity index (χ4v) is 2.34. The van der Waals surface area contributed by atoms with Crippen molar-refractivity contribution in [2.24, 2.45) is 0 Å². The number of aliphatic hydroxyl groups is 1. The van der Waals surface area contributed by atoms with E-state index >= 15 is 0 Å². The lowest BCUT2D eigenvalue weighted by molar-refractivity contribution is -0.128. The fourth-order valence-electron chi connectivity index (χ4n) is 2.34. The summed E-state index contributed by atoms with van der Waals surface area (Å²) >= 11 is 0. The van der Waals surface area contributed by atoms with Gasteiger partial charge in [0.2, 0.25) is 11.8 Å². The molecule has 0 radical (unpaired) electrons. The van der Waals surface area contributed by atoms with Gasteiger partial charge in [0.15, 0.2) is 0 Å². The number of aryl methyl sites for hydroxylation is 1. The van der Waals surface area contributed by atoms with E-state index in [0.717, 1.165) is 5.56 Å². The molecule has 0 spiro atoms. The number of β-amino-alcohol motifs (C(OH)–C–C–N with tert-alkyl or cyclic N) is 1. The Labute approximate surface area is 118 Å².